The molecule has 0 saturated heterocycles. The molecule has 0 unspecified atom stereocenters. The second kappa shape index (κ2) is 4.01. The minimum atomic E-state index is 0.116. The molecule has 0 fully saturated rings. The zero-order valence-electron chi connectivity index (χ0n) is 6.46. The molecule has 0 heterocycles. The first kappa shape index (κ1) is 9.11. The van der Waals surface area contributed by atoms with Gasteiger partial charge in [0, 0.05) is 6.04 Å². The second-order valence-electron chi connectivity index (χ2n) is 2.64. The molecule has 1 atom stereocenters. The average molecular weight is 149 g/mol. The van der Waals surface area contributed by atoms with Gasteiger partial charge in [-0.1, -0.05) is 13.8 Å². The number of hydrogen-bond donors (Lipinski definition) is 1. The predicted molar refractivity (Wildman–Crippen MR) is 41.6 cm³/mol. The molecule has 0 aromatic rings. The highest BCUT2D eigenvalue weighted by Gasteiger charge is 2.10. The molecule has 0 aromatic heterocycles. The summed E-state index contributed by atoms with van der Waals surface area (Å²) >= 11 is 0.116. The number of nitrogens with zero attached hydrogens (tertiary/aromatic N) is 1. The van der Waals surface area contributed by atoms with Crippen molar-refractivity contribution >= 4 is 11.9 Å². The molecule has 56 valence electrons. The Kier molecular flexibility index (Phi) is 4.06. The van der Waals surface area contributed by atoms with E-state index >= 15 is 0 Å². The smallest absolute Gasteiger partial charge is 0.0808 e. The fraction of sp³-hybridized carbons (Fsp3) is 1.00. The van der Waals surface area contributed by atoms with Crippen LogP contribution in [0.15, 0.2) is 0 Å². The Balaban J connectivity index is 3.71. The molecule has 3 heteroatoms. The summed E-state index contributed by atoms with van der Waals surface area (Å²) in [5, 5.41) is 0. The van der Waals surface area contributed by atoms with E-state index in [-0.39, 0.29) is 11.9 Å². The molecule has 0 N–H and O–H groups in total. The van der Waals surface area contributed by atoms with Crippen LogP contribution in [0, 0.1) is 5.92 Å². The predicted octanol–water partition coefficient (Wildman–Crippen LogP) is 0.823. The lowest BCUT2D eigenvalue weighted by molar-refractivity contribution is 0.336. The first-order chi connectivity index (χ1) is 4.09. The van der Waals surface area contributed by atoms with Gasteiger partial charge in [0.25, 0.3) is 0 Å². The van der Waals surface area contributed by atoms with Crippen molar-refractivity contribution < 1.29 is 4.21 Å². The summed E-state index contributed by atoms with van der Waals surface area (Å²) in [4.78, 5) is 0. The molecule has 0 aliphatic heterocycles. The second-order valence-corrected chi connectivity index (χ2v) is 3.43. The van der Waals surface area contributed by atoms with E-state index in [1.165, 1.54) is 0 Å². The SMILES string of the molecule is CC(C)[C@H](C)N(C)[SH]=O. The van der Waals surface area contributed by atoms with Crippen molar-refractivity contribution in [2.45, 2.75) is 26.8 Å². The molecule has 0 aromatic carbocycles. The van der Waals surface area contributed by atoms with Gasteiger partial charge in [0.2, 0.25) is 0 Å². The Hall–Kier alpha value is 0.110. The summed E-state index contributed by atoms with van der Waals surface area (Å²) in [7, 11) is 1.85. The highest BCUT2D eigenvalue weighted by atomic mass is 32.2. The number of thiol groups is 1. The summed E-state index contributed by atoms with van der Waals surface area (Å²) in [5.74, 6) is 0.566. The normalized spacial score (nSPS) is 14.9. The highest BCUT2D eigenvalue weighted by molar-refractivity contribution is 7.62. The highest BCUT2D eigenvalue weighted by Crippen LogP contribution is 2.05. The van der Waals surface area contributed by atoms with E-state index in [1.54, 1.807) is 4.31 Å². The van der Waals surface area contributed by atoms with Crippen LogP contribution in [0.3, 0.4) is 0 Å². The van der Waals surface area contributed by atoms with Crippen LogP contribution in [0.25, 0.3) is 0 Å². The number of rotatable bonds is 3. The molecule has 9 heavy (non-hydrogen) atoms. The summed E-state index contributed by atoms with van der Waals surface area (Å²) in [6.07, 6.45) is 0. The lowest BCUT2D eigenvalue weighted by Crippen LogP contribution is -2.29. The standard InChI is InChI=1S/C6H15NOS/c1-5(2)6(3)7(4)9-8/h5-6,9H,1-4H3/t6-/m0/s1. The van der Waals surface area contributed by atoms with Crippen LogP contribution in [0.5, 0.6) is 0 Å². The van der Waals surface area contributed by atoms with E-state index < -0.39 is 0 Å². The van der Waals surface area contributed by atoms with Crippen molar-refractivity contribution in [2.75, 3.05) is 7.05 Å². The van der Waals surface area contributed by atoms with E-state index in [9.17, 15) is 4.21 Å². The van der Waals surface area contributed by atoms with Crippen molar-refractivity contribution in [1.29, 1.82) is 0 Å². The summed E-state index contributed by atoms with van der Waals surface area (Å²) in [6, 6.07) is 0.393. The van der Waals surface area contributed by atoms with Crippen LogP contribution >= 0.6 is 0 Å². The Labute approximate surface area is 60.9 Å². The molecule has 0 rings (SSSR count). The molecule has 0 aliphatic carbocycles. The van der Waals surface area contributed by atoms with Crippen LogP contribution in [0.4, 0.5) is 0 Å². The summed E-state index contributed by atoms with van der Waals surface area (Å²) < 4.78 is 12.1. The zero-order valence-corrected chi connectivity index (χ0v) is 7.35. The molecular weight excluding hydrogens is 134 g/mol. The van der Waals surface area contributed by atoms with Crippen LogP contribution in [-0.4, -0.2) is 21.6 Å². The van der Waals surface area contributed by atoms with E-state index in [2.05, 4.69) is 20.8 Å². The molecule has 0 bridgehead atoms. The minimum absolute atomic E-state index is 0.116. The maximum atomic E-state index is 10.3. The third-order valence-electron chi connectivity index (χ3n) is 1.68. The fourth-order valence-corrected chi connectivity index (χ4v) is 0.921. The average Bonchev–Trinajstić information content (AvgIpc) is 1.84. The van der Waals surface area contributed by atoms with Crippen molar-refractivity contribution in [3.05, 3.63) is 0 Å². The van der Waals surface area contributed by atoms with Gasteiger partial charge in [0.15, 0.2) is 0 Å². The van der Waals surface area contributed by atoms with Crippen molar-refractivity contribution in [2.24, 2.45) is 5.92 Å². The van der Waals surface area contributed by atoms with Gasteiger partial charge in [-0.3, -0.25) is 0 Å². The van der Waals surface area contributed by atoms with Crippen molar-refractivity contribution in [3.63, 3.8) is 0 Å². The Morgan fingerprint density at radius 1 is 1.33 bits per heavy atom. The Bertz CT molecular complexity index is 95.1. The molecule has 0 spiro atoms. The first-order valence-electron chi connectivity index (χ1n) is 3.15. The van der Waals surface area contributed by atoms with E-state index in [4.69, 9.17) is 0 Å². The van der Waals surface area contributed by atoms with Crippen LogP contribution in [0.2, 0.25) is 0 Å². The van der Waals surface area contributed by atoms with Crippen molar-refractivity contribution in [3.8, 4) is 0 Å². The van der Waals surface area contributed by atoms with Gasteiger partial charge in [-0.05, 0) is 19.9 Å². The molecule has 0 aliphatic rings. The fourth-order valence-electron chi connectivity index (χ4n) is 0.506. The van der Waals surface area contributed by atoms with E-state index in [0.717, 1.165) is 0 Å². The first-order valence-corrected chi connectivity index (χ1v) is 3.92. The quantitative estimate of drug-likeness (QED) is 0.589. The Morgan fingerprint density at radius 3 is 1.89 bits per heavy atom. The summed E-state index contributed by atoms with van der Waals surface area (Å²) in [5.41, 5.74) is 0. The van der Waals surface area contributed by atoms with E-state index in [1.807, 2.05) is 7.05 Å². The molecule has 0 saturated carbocycles. The lowest BCUT2D eigenvalue weighted by atomic mass is 10.1. The molecular formula is C6H15NOS. The summed E-state index contributed by atoms with van der Waals surface area (Å²) in [6.45, 7) is 6.30. The van der Waals surface area contributed by atoms with Gasteiger partial charge < -0.3 is 0 Å². The van der Waals surface area contributed by atoms with Gasteiger partial charge >= 0.3 is 0 Å². The lowest BCUT2D eigenvalue weighted by Gasteiger charge is -2.21. The van der Waals surface area contributed by atoms with Gasteiger partial charge in [0.1, 0.15) is 0 Å². The van der Waals surface area contributed by atoms with Crippen molar-refractivity contribution in [1.82, 2.24) is 4.31 Å². The molecule has 2 nitrogen and oxygen atoms in total. The van der Waals surface area contributed by atoms with Crippen LogP contribution in [-0.2, 0) is 11.9 Å². The topological polar surface area (TPSA) is 20.3 Å². The zero-order chi connectivity index (χ0) is 7.44. The maximum absolute atomic E-state index is 10.3. The van der Waals surface area contributed by atoms with E-state index in [0.29, 0.717) is 12.0 Å². The minimum Gasteiger partial charge on any atom is -0.246 e. The largest absolute Gasteiger partial charge is 0.246 e. The molecule has 0 amide bonds. The maximum Gasteiger partial charge on any atom is 0.0808 e. The van der Waals surface area contributed by atoms with Gasteiger partial charge in [0.05, 0.1) is 11.9 Å². The van der Waals surface area contributed by atoms with Crippen LogP contribution < -0.4 is 0 Å². The number of hydrogen-bond acceptors (Lipinski definition) is 1. The Morgan fingerprint density at radius 2 is 1.78 bits per heavy atom. The van der Waals surface area contributed by atoms with Gasteiger partial charge in [-0.2, -0.15) is 0 Å². The third kappa shape index (κ3) is 2.96. The molecule has 0 radical (unpaired) electrons. The monoisotopic (exact) mass is 149 g/mol. The van der Waals surface area contributed by atoms with Gasteiger partial charge in [-0.25, -0.2) is 8.51 Å². The third-order valence-corrected chi connectivity index (χ3v) is 2.30. The van der Waals surface area contributed by atoms with Gasteiger partial charge in [-0.15, -0.1) is 0 Å². The van der Waals surface area contributed by atoms with Crippen LogP contribution in [0.1, 0.15) is 20.8 Å².